The number of nitrogens with zero attached hydrogens (tertiary/aromatic N) is 2. The zero-order valence-corrected chi connectivity index (χ0v) is 22.8. The quantitative estimate of drug-likeness (QED) is 0.438. The highest BCUT2D eigenvalue weighted by Crippen LogP contribution is 2.49. The zero-order valence-electron chi connectivity index (χ0n) is 22.8. The molecule has 1 aliphatic rings. The lowest BCUT2D eigenvalue weighted by atomic mass is 9.83. The van der Waals surface area contributed by atoms with Crippen molar-refractivity contribution in [2.45, 2.75) is 25.8 Å². The van der Waals surface area contributed by atoms with Crippen molar-refractivity contribution in [2.24, 2.45) is 5.73 Å². The average Bonchev–Trinajstić information content (AvgIpc) is 2.95. The van der Waals surface area contributed by atoms with Crippen molar-refractivity contribution in [2.75, 3.05) is 35.5 Å². The lowest BCUT2D eigenvalue weighted by Gasteiger charge is -2.29. The van der Waals surface area contributed by atoms with Crippen LogP contribution in [0.2, 0.25) is 0 Å². The lowest BCUT2D eigenvalue weighted by Crippen LogP contribution is -2.33. The molecule has 1 unspecified atom stereocenters. The second-order valence-electron chi connectivity index (χ2n) is 8.81. The van der Waals surface area contributed by atoms with Gasteiger partial charge in [0.05, 0.1) is 47.0 Å². The minimum Gasteiger partial charge on any atom is -0.493 e. The minimum atomic E-state index is -0.853. The summed E-state index contributed by atoms with van der Waals surface area (Å²) < 4.78 is 34.9. The molecule has 0 saturated carbocycles. The van der Waals surface area contributed by atoms with Gasteiger partial charge in [0.1, 0.15) is 17.4 Å². The number of hydrogen-bond donors (Lipinski definition) is 1. The van der Waals surface area contributed by atoms with Crippen LogP contribution in [0.15, 0.2) is 52.6 Å². The standard InChI is InChI=1S/C29H31N3O7/c1-16-13-23-25(29(33)32(16)12-11-17-7-9-20(34-2)22(14-17)36-4)24(19(15-30)28(31)39-23)18-8-10-21(35-3)27(38-6)26(18)37-5/h7-10,13-14,24H,11-12,31H2,1-6H3. The van der Waals surface area contributed by atoms with Gasteiger partial charge in [0.25, 0.3) is 5.56 Å². The van der Waals surface area contributed by atoms with Gasteiger partial charge >= 0.3 is 0 Å². The Morgan fingerprint density at radius 1 is 0.923 bits per heavy atom. The molecule has 10 nitrogen and oxygen atoms in total. The Morgan fingerprint density at radius 2 is 1.59 bits per heavy atom. The third kappa shape index (κ3) is 4.79. The number of benzene rings is 2. The van der Waals surface area contributed by atoms with Gasteiger partial charge in [0.2, 0.25) is 11.6 Å². The van der Waals surface area contributed by atoms with Crippen molar-refractivity contribution in [3.05, 3.63) is 80.6 Å². The maximum Gasteiger partial charge on any atom is 0.258 e. The summed E-state index contributed by atoms with van der Waals surface area (Å²) in [7, 11) is 7.64. The fraction of sp³-hybridized carbons (Fsp3) is 0.310. The zero-order chi connectivity index (χ0) is 28.3. The molecular weight excluding hydrogens is 502 g/mol. The molecule has 1 atom stereocenters. The number of fused-ring (bicyclic) bond motifs is 1. The monoisotopic (exact) mass is 533 g/mol. The van der Waals surface area contributed by atoms with Gasteiger partial charge in [0.15, 0.2) is 23.0 Å². The summed E-state index contributed by atoms with van der Waals surface area (Å²) >= 11 is 0. The van der Waals surface area contributed by atoms with Crippen LogP contribution in [0.5, 0.6) is 34.5 Å². The van der Waals surface area contributed by atoms with E-state index in [1.54, 1.807) is 37.0 Å². The van der Waals surface area contributed by atoms with E-state index in [-0.39, 0.29) is 22.6 Å². The first-order valence-electron chi connectivity index (χ1n) is 12.1. The van der Waals surface area contributed by atoms with Crippen LogP contribution in [-0.2, 0) is 13.0 Å². The first-order valence-corrected chi connectivity index (χ1v) is 12.1. The van der Waals surface area contributed by atoms with Crippen LogP contribution in [0.4, 0.5) is 0 Å². The molecule has 0 aliphatic carbocycles. The smallest absolute Gasteiger partial charge is 0.258 e. The number of methoxy groups -OCH3 is 5. The van der Waals surface area contributed by atoms with Gasteiger partial charge in [-0.3, -0.25) is 4.79 Å². The first kappa shape index (κ1) is 27.3. The second-order valence-corrected chi connectivity index (χ2v) is 8.81. The number of ether oxygens (including phenoxy) is 6. The van der Waals surface area contributed by atoms with E-state index in [9.17, 15) is 10.1 Å². The van der Waals surface area contributed by atoms with Gasteiger partial charge in [-0.2, -0.15) is 5.26 Å². The molecule has 39 heavy (non-hydrogen) atoms. The van der Waals surface area contributed by atoms with Crippen LogP contribution in [0.3, 0.4) is 0 Å². The lowest BCUT2D eigenvalue weighted by molar-refractivity contribution is 0.321. The van der Waals surface area contributed by atoms with Gasteiger partial charge in [-0.15, -0.1) is 0 Å². The molecule has 2 N–H and O–H groups in total. The average molecular weight is 534 g/mol. The fourth-order valence-corrected chi connectivity index (χ4v) is 4.90. The molecule has 204 valence electrons. The van der Waals surface area contributed by atoms with Crippen molar-refractivity contribution < 1.29 is 28.4 Å². The largest absolute Gasteiger partial charge is 0.493 e. The van der Waals surface area contributed by atoms with E-state index in [2.05, 4.69) is 6.07 Å². The number of allylic oxidation sites excluding steroid dienone is 1. The molecule has 10 heteroatoms. The number of nitriles is 1. The molecule has 2 heterocycles. The minimum absolute atomic E-state index is 0.0753. The third-order valence-electron chi connectivity index (χ3n) is 6.81. The Bertz CT molecular complexity index is 1540. The van der Waals surface area contributed by atoms with Crippen LogP contribution in [-0.4, -0.2) is 40.1 Å². The van der Waals surface area contributed by atoms with E-state index < -0.39 is 5.92 Å². The van der Waals surface area contributed by atoms with Crippen LogP contribution in [0.1, 0.15) is 28.3 Å². The molecule has 0 bridgehead atoms. The third-order valence-corrected chi connectivity index (χ3v) is 6.81. The number of aromatic nitrogens is 1. The summed E-state index contributed by atoms with van der Waals surface area (Å²) in [6.45, 7) is 2.20. The summed E-state index contributed by atoms with van der Waals surface area (Å²) in [6, 6.07) is 13.0. The molecule has 0 saturated heterocycles. The highest BCUT2D eigenvalue weighted by atomic mass is 16.5. The summed E-state index contributed by atoms with van der Waals surface area (Å²) in [5.41, 5.74) is 8.43. The van der Waals surface area contributed by atoms with Crippen molar-refractivity contribution in [3.63, 3.8) is 0 Å². The van der Waals surface area contributed by atoms with Crippen molar-refractivity contribution in [3.8, 4) is 40.6 Å². The van der Waals surface area contributed by atoms with E-state index in [4.69, 9.17) is 34.2 Å². The van der Waals surface area contributed by atoms with E-state index in [0.717, 1.165) is 5.56 Å². The molecule has 0 spiro atoms. The SMILES string of the molecule is COc1ccc(CCn2c(C)cc3c(c2=O)C(c2ccc(OC)c(OC)c2OC)C(C#N)=C(N)O3)cc1OC. The van der Waals surface area contributed by atoms with Gasteiger partial charge < -0.3 is 38.7 Å². The highest BCUT2D eigenvalue weighted by molar-refractivity contribution is 5.64. The van der Waals surface area contributed by atoms with E-state index >= 15 is 0 Å². The molecule has 0 amide bonds. The van der Waals surface area contributed by atoms with Gasteiger partial charge in [0, 0.05) is 23.9 Å². The summed E-state index contributed by atoms with van der Waals surface area (Å²) in [6.07, 6.45) is 0.550. The molecular formula is C29H31N3O7. The number of rotatable bonds is 9. The second kappa shape index (κ2) is 11.3. The Kier molecular flexibility index (Phi) is 7.91. The number of nitrogens with two attached hydrogens (primary N) is 1. The molecule has 0 fully saturated rings. The Hall–Kier alpha value is -4.78. The number of pyridine rings is 1. The first-order chi connectivity index (χ1) is 18.8. The molecule has 4 rings (SSSR count). The Labute approximate surface area is 226 Å². The topological polar surface area (TPSA) is 127 Å². The maximum atomic E-state index is 14.1. The summed E-state index contributed by atoms with van der Waals surface area (Å²) in [5.74, 6) is 1.70. The van der Waals surface area contributed by atoms with Crippen LogP contribution in [0, 0.1) is 18.3 Å². The van der Waals surface area contributed by atoms with Crippen molar-refractivity contribution in [1.82, 2.24) is 4.57 Å². The van der Waals surface area contributed by atoms with Crippen LogP contribution >= 0.6 is 0 Å². The van der Waals surface area contributed by atoms with Crippen LogP contribution < -0.4 is 39.7 Å². The van der Waals surface area contributed by atoms with Crippen molar-refractivity contribution in [1.29, 1.82) is 5.26 Å². The van der Waals surface area contributed by atoms with Crippen molar-refractivity contribution >= 4 is 0 Å². The molecule has 0 radical (unpaired) electrons. The Morgan fingerprint density at radius 3 is 2.21 bits per heavy atom. The normalized spacial score (nSPS) is 14.1. The van der Waals surface area contributed by atoms with Gasteiger partial charge in [-0.25, -0.2) is 0 Å². The van der Waals surface area contributed by atoms with Crippen LogP contribution in [0.25, 0.3) is 0 Å². The van der Waals surface area contributed by atoms with E-state index in [0.29, 0.717) is 58.7 Å². The maximum absolute atomic E-state index is 14.1. The number of aryl methyl sites for hydroxylation is 2. The summed E-state index contributed by atoms with van der Waals surface area (Å²) in [5, 5.41) is 10.1. The molecule has 1 aromatic heterocycles. The number of hydrogen-bond acceptors (Lipinski definition) is 9. The fourth-order valence-electron chi connectivity index (χ4n) is 4.90. The van der Waals surface area contributed by atoms with Gasteiger partial charge in [-0.05, 0) is 37.1 Å². The van der Waals surface area contributed by atoms with Gasteiger partial charge in [-0.1, -0.05) is 12.1 Å². The molecule has 1 aliphatic heterocycles. The molecule has 3 aromatic rings. The predicted molar refractivity (Wildman–Crippen MR) is 144 cm³/mol. The Balaban J connectivity index is 1.85. The highest BCUT2D eigenvalue weighted by Gasteiger charge is 2.37. The van der Waals surface area contributed by atoms with E-state index in [1.165, 1.54) is 21.3 Å². The predicted octanol–water partition coefficient (Wildman–Crippen LogP) is 3.66. The van der Waals surface area contributed by atoms with E-state index in [1.807, 2.05) is 25.1 Å². The molecule has 2 aromatic carbocycles. The summed E-state index contributed by atoms with van der Waals surface area (Å²) in [4.78, 5) is 14.1.